The zero-order valence-corrected chi connectivity index (χ0v) is 7.32. The molecule has 2 heterocycles. The van der Waals surface area contributed by atoms with Crippen LogP contribution in [0.4, 0.5) is 0 Å². The summed E-state index contributed by atoms with van der Waals surface area (Å²) in [7, 11) is 0. The van der Waals surface area contributed by atoms with Crippen molar-refractivity contribution < 1.29 is 15.7 Å². The van der Waals surface area contributed by atoms with Crippen LogP contribution < -0.4 is 10.1 Å². The molecule has 0 radical (unpaired) electrons. The van der Waals surface area contributed by atoms with Crippen LogP contribution in [-0.4, -0.2) is 24.1 Å². The Morgan fingerprint density at radius 1 is 1.83 bits per heavy atom. The second-order valence-electron chi connectivity index (χ2n) is 1.89. The molecule has 0 saturated carbocycles. The van der Waals surface area contributed by atoms with E-state index in [0.29, 0.717) is 0 Å². The van der Waals surface area contributed by atoms with Gasteiger partial charge in [0.1, 0.15) is 10.7 Å². The van der Waals surface area contributed by atoms with Gasteiger partial charge >= 0.3 is 0 Å². The van der Waals surface area contributed by atoms with Crippen molar-refractivity contribution in [2.45, 2.75) is 6.08 Å². The highest BCUT2D eigenvalue weighted by Gasteiger charge is 2.18. The molecule has 64 valence electrons. The first-order chi connectivity index (χ1) is 8.93. The minimum absolute atomic E-state index is 0.106. The standard InChI is InChI=1S/C8H9BrN2O/c9-7-2-1-3-8(11-7)12-6-4-10-5-6/h1-3,6,10H,4-5H2/i1D,2D,3D,4D2,5D2,6D. The summed E-state index contributed by atoms with van der Waals surface area (Å²) in [6.45, 7) is -4.97. The second-order valence-corrected chi connectivity index (χ2v) is 2.64. The molecule has 0 aromatic carbocycles. The van der Waals surface area contributed by atoms with Crippen LogP contribution >= 0.6 is 15.9 Å². The molecule has 1 aromatic rings. The summed E-state index contributed by atoms with van der Waals surface area (Å²) in [5, 5.41) is 1.90. The number of rotatable bonds is 2. The molecule has 2 rings (SSSR count). The monoisotopic (exact) mass is 236 g/mol. The number of nitrogens with zero attached hydrogens (tertiary/aromatic N) is 1. The van der Waals surface area contributed by atoms with E-state index in [9.17, 15) is 0 Å². The Morgan fingerprint density at radius 2 is 2.67 bits per heavy atom. The fourth-order valence-electron chi connectivity index (χ4n) is 0.591. The summed E-state index contributed by atoms with van der Waals surface area (Å²) in [5.41, 5.74) is 0. The van der Waals surface area contributed by atoms with Crippen molar-refractivity contribution >= 4 is 15.9 Å². The second kappa shape index (κ2) is 3.41. The molecule has 0 atom stereocenters. The van der Waals surface area contributed by atoms with Crippen LogP contribution in [0.2, 0.25) is 0 Å². The normalized spacial score (nSPS) is 37.8. The molecular formula is C8H9BrN2O. The van der Waals surface area contributed by atoms with Gasteiger partial charge in [0, 0.05) is 24.5 Å². The van der Waals surface area contributed by atoms with E-state index in [1.165, 1.54) is 0 Å². The predicted molar refractivity (Wildman–Crippen MR) is 49.2 cm³/mol. The number of hydrogen-bond acceptors (Lipinski definition) is 3. The molecule has 0 amide bonds. The maximum atomic E-state index is 7.81. The Hall–Kier alpha value is -0.610. The highest BCUT2D eigenvalue weighted by atomic mass is 79.9. The summed E-state index contributed by atoms with van der Waals surface area (Å²) >= 11 is 2.89. The van der Waals surface area contributed by atoms with E-state index in [2.05, 4.69) is 20.9 Å². The molecule has 1 N–H and O–H groups in total. The number of halogens is 1. The van der Waals surface area contributed by atoms with Crippen molar-refractivity contribution in [2.75, 3.05) is 13.0 Å². The van der Waals surface area contributed by atoms with Crippen molar-refractivity contribution in [3.63, 3.8) is 0 Å². The zero-order valence-electron chi connectivity index (χ0n) is 13.7. The van der Waals surface area contributed by atoms with Gasteiger partial charge in [0.05, 0.1) is 5.48 Å². The van der Waals surface area contributed by atoms with E-state index in [-0.39, 0.29) is 10.6 Å². The highest BCUT2D eigenvalue weighted by molar-refractivity contribution is 9.10. The molecule has 1 saturated heterocycles. The van der Waals surface area contributed by atoms with Crippen molar-refractivity contribution in [1.82, 2.24) is 10.3 Å². The van der Waals surface area contributed by atoms with Gasteiger partial charge in [-0.15, -0.1) is 0 Å². The molecule has 0 aliphatic carbocycles. The van der Waals surface area contributed by atoms with Crippen molar-refractivity contribution in [3.8, 4) is 5.88 Å². The smallest absolute Gasteiger partial charge is 0.214 e. The lowest BCUT2D eigenvalue weighted by molar-refractivity contribution is 0.136. The molecule has 1 fully saturated rings. The largest absolute Gasteiger partial charge is 0.472 e. The summed E-state index contributed by atoms with van der Waals surface area (Å²) in [5.74, 6) is -0.581. The number of aromatic nitrogens is 1. The third kappa shape index (κ3) is 1.76. The molecule has 1 aromatic heterocycles. The fourth-order valence-corrected chi connectivity index (χ4v) is 0.851. The maximum Gasteiger partial charge on any atom is 0.214 e. The molecule has 3 nitrogen and oxygen atoms in total. The van der Waals surface area contributed by atoms with Crippen LogP contribution in [0.5, 0.6) is 5.88 Å². The predicted octanol–water partition coefficient (Wildman–Crippen LogP) is 1.19. The first-order valence-electron chi connectivity index (χ1n) is 7.04. The van der Waals surface area contributed by atoms with Gasteiger partial charge in [-0.2, -0.15) is 0 Å². The minimum Gasteiger partial charge on any atom is -0.472 e. The SMILES string of the molecule is [2H]c1c(Br)nc(OC2([2H])C([2H])([2H])NC2([2H])[2H])c([2H])c1[2H]. The van der Waals surface area contributed by atoms with E-state index in [4.69, 9.17) is 15.7 Å². The molecule has 1 aliphatic heterocycles. The Balaban J connectivity index is 2.45. The van der Waals surface area contributed by atoms with Crippen LogP contribution in [0.25, 0.3) is 0 Å². The van der Waals surface area contributed by atoms with Gasteiger partial charge in [-0.1, -0.05) is 6.04 Å². The minimum atomic E-state index is -2.65. The zero-order chi connectivity index (χ0) is 15.5. The van der Waals surface area contributed by atoms with Gasteiger partial charge in [-0.25, -0.2) is 4.98 Å². The number of hydrogen-bond donors (Lipinski definition) is 1. The van der Waals surface area contributed by atoms with Gasteiger partial charge in [0.15, 0.2) is 0 Å². The van der Waals surface area contributed by atoms with Gasteiger partial charge in [0.2, 0.25) is 5.88 Å². The van der Waals surface area contributed by atoms with Crippen LogP contribution in [0, 0.1) is 0 Å². The molecular weight excluding hydrogens is 220 g/mol. The molecule has 0 unspecified atom stereocenters. The van der Waals surface area contributed by atoms with Crippen molar-refractivity contribution in [1.29, 1.82) is 0 Å². The van der Waals surface area contributed by atoms with Crippen LogP contribution in [0.3, 0.4) is 0 Å². The van der Waals surface area contributed by atoms with Crippen molar-refractivity contribution in [2.24, 2.45) is 0 Å². The highest BCUT2D eigenvalue weighted by Crippen LogP contribution is 2.14. The first-order valence-corrected chi connectivity index (χ1v) is 3.84. The number of nitrogens with one attached hydrogen (secondary N) is 1. The topological polar surface area (TPSA) is 34.1 Å². The van der Waals surface area contributed by atoms with E-state index in [1.54, 1.807) is 0 Å². The van der Waals surface area contributed by atoms with Gasteiger partial charge in [-0.3, -0.25) is 0 Å². The molecule has 12 heavy (non-hydrogen) atoms. The molecule has 4 heteroatoms. The van der Waals surface area contributed by atoms with Crippen LogP contribution in [-0.2, 0) is 0 Å². The van der Waals surface area contributed by atoms with Crippen molar-refractivity contribution in [3.05, 3.63) is 22.7 Å². The number of pyridine rings is 1. The lowest BCUT2D eigenvalue weighted by Crippen LogP contribution is -2.50. The number of ether oxygens (including phenoxy) is 1. The molecule has 0 spiro atoms. The first kappa shape index (κ1) is 2.96. The van der Waals surface area contributed by atoms with E-state index in [1.807, 2.05) is 5.32 Å². The summed E-state index contributed by atoms with van der Waals surface area (Å²) in [4.78, 5) is 3.65. The third-order valence-corrected chi connectivity index (χ3v) is 1.46. The Bertz CT molecular complexity index is 566. The van der Waals surface area contributed by atoms with E-state index >= 15 is 0 Å². The summed E-state index contributed by atoms with van der Waals surface area (Å²) < 4.78 is 65.1. The van der Waals surface area contributed by atoms with Gasteiger partial charge < -0.3 is 10.1 Å². The van der Waals surface area contributed by atoms with Gasteiger partial charge in [-0.05, 0) is 22.0 Å². The average Bonchev–Trinajstić information content (AvgIpc) is 2.31. The van der Waals surface area contributed by atoms with Gasteiger partial charge in [0.25, 0.3) is 0 Å². The lowest BCUT2D eigenvalue weighted by Gasteiger charge is -2.27. The lowest BCUT2D eigenvalue weighted by atomic mass is 10.2. The van der Waals surface area contributed by atoms with Crippen LogP contribution in [0.15, 0.2) is 22.7 Å². The summed E-state index contributed by atoms with van der Waals surface area (Å²) in [6, 6.07) is -1.47. The third-order valence-electron chi connectivity index (χ3n) is 1.09. The van der Waals surface area contributed by atoms with E-state index < -0.39 is 37.0 Å². The molecule has 0 bridgehead atoms. The van der Waals surface area contributed by atoms with Crippen LogP contribution in [0.1, 0.15) is 11.0 Å². The fraction of sp³-hybridized carbons (Fsp3) is 0.375. The quantitative estimate of drug-likeness (QED) is 0.784. The maximum absolute atomic E-state index is 7.81. The Labute approximate surface area is 90.5 Å². The molecule has 1 aliphatic rings. The Morgan fingerprint density at radius 3 is 3.42 bits per heavy atom. The summed E-state index contributed by atoms with van der Waals surface area (Å²) in [6.07, 6.45) is -2.65. The Kier molecular flexibility index (Phi) is 0.840. The average molecular weight is 237 g/mol. The van der Waals surface area contributed by atoms with E-state index in [0.717, 1.165) is 0 Å².